The van der Waals surface area contributed by atoms with Crippen molar-refractivity contribution in [3.63, 3.8) is 0 Å². The van der Waals surface area contributed by atoms with Crippen LogP contribution in [-0.4, -0.2) is 24.8 Å². The van der Waals surface area contributed by atoms with Gasteiger partial charge in [0.15, 0.2) is 0 Å². The molecule has 13 heavy (non-hydrogen) atoms. The van der Waals surface area contributed by atoms with Gasteiger partial charge in [-0.15, -0.1) is 0 Å². The van der Waals surface area contributed by atoms with Crippen LogP contribution in [0.1, 0.15) is 33.6 Å². The number of carbonyl (C=O) groups is 1. The molecule has 1 atom stereocenters. The predicted octanol–water partition coefficient (Wildman–Crippen LogP) is 0.612. The summed E-state index contributed by atoms with van der Waals surface area (Å²) in [6.07, 6.45) is 2.70. The fraction of sp³-hybridized carbons (Fsp3) is 0.889. The van der Waals surface area contributed by atoms with E-state index in [0.29, 0.717) is 12.6 Å². The van der Waals surface area contributed by atoms with Crippen molar-refractivity contribution < 1.29 is 9.53 Å². The van der Waals surface area contributed by atoms with Crippen LogP contribution in [0.3, 0.4) is 0 Å². The molecule has 1 aliphatic heterocycles. The van der Waals surface area contributed by atoms with Gasteiger partial charge in [0.1, 0.15) is 5.60 Å². The van der Waals surface area contributed by atoms with Gasteiger partial charge in [0.05, 0.1) is 6.17 Å². The molecule has 0 bridgehead atoms. The fourth-order valence-corrected chi connectivity index (χ4v) is 0.856. The van der Waals surface area contributed by atoms with E-state index in [2.05, 4.69) is 10.1 Å². The van der Waals surface area contributed by atoms with Crippen molar-refractivity contribution >= 4 is 6.47 Å². The Labute approximate surface area is 79.8 Å². The standard InChI is InChI=1S/C5H10O2.C4H10N2/c1-5(2,3)7-4-6;5-4-2-1-3-6-4/h4H,1-3H3;4,6H,1-3,5H2. The highest BCUT2D eigenvalue weighted by Gasteiger charge is 2.07. The summed E-state index contributed by atoms with van der Waals surface area (Å²) in [5.74, 6) is 0. The van der Waals surface area contributed by atoms with Crippen LogP contribution >= 0.6 is 0 Å². The number of nitrogens with one attached hydrogen (secondary N) is 1. The lowest BCUT2D eigenvalue weighted by molar-refractivity contribution is -0.138. The zero-order valence-electron chi connectivity index (χ0n) is 8.67. The molecule has 1 fully saturated rings. The van der Waals surface area contributed by atoms with Crippen LogP contribution in [0, 0.1) is 0 Å². The average molecular weight is 188 g/mol. The van der Waals surface area contributed by atoms with Crippen LogP contribution in [0.5, 0.6) is 0 Å². The van der Waals surface area contributed by atoms with Crippen molar-refractivity contribution in [3.8, 4) is 0 Å². The molecule has 3 N–H and O–H groups in total. The monoisotopic (exact) mass is 188 g/mol. The van der Waals surface area contributed by atoms with E-state index in [9.17, 15) is 4.79 Å². The van der Waals surface area contributed by atoms with E-state index in [0.717, 1.165) is 13.0 Å². The number of hydrogen-bond acceptors (Lipinski definition) is 4. The van der Waals surface area contributed by atoms with Crippen molar-refractivity contribution in [2.45, 2.75) is 45.4 Å². The molecule has 4 heteroatoms. The Morgan fingerprint density at radius 2 is 2.15 bits per heavy atom. The third kappa shape index (κ3) is 9.30. The molecule has 4 nitrogen and oxygen atoms in total. The fourth-order valence-electron chi connectivity index (χ4n) is 0.856. The summed E-state index contributed by atoms with van der Waals surface area (Å²) in [5, 5.41) is 3.10. The van der Waals surface area contributed by atoms with Gasteiger partial charge in [-0.05, 0) is 40.2 Å². The summed E-state index contributed by atoms with van der Waals surface area (Å²) >= 11 is 0. The van der Waals surface area contributed by atoms with Gasteiger partial charge < -0.3 is 15.8 Å². The molecule has 1 rings (SSSR count). The highest BCUT2D eigenvalue weighted by molar-refractivity contribution is 5.37. The Morgan fingerprint density at radius 3 is 2.23 bits per heavy atom. The summed E-state index contributed by atoms with van der Waals surface area (Å²) in [7, 11) is 0. The quantitative estimate of drug-likeness (QED) is 0.592. The largest absolute Gasteiger partial charge is 0.462 e. The molecule has 0 radical (unpaired) electrons. The minimum absolute atomic E-state index is 0.296. The highest BCUT2D eigenvalue weighted by Crippen LogP contribution is 2.02. The van der Waals surface area contributed by atoms with Gasteiger partial charge in [-0.25, -0.2) is 0 Å². The molecule has 78 valence electrons. The average Bonchev–Trinajstić information content (AvgIpc) is 2.38. The van der Waals surface area contributed by atoms with E-state index in [1.54, 1.807) is 0 Å². The third-order valence-corrected chi connectivity index (χ3v) is 1.50. The van der Waals surface area contributed by atoms with E-state index >= 15 is 0 Å². The Morgan fingerprint density at radius 1 is 1.54 bits per heavy atom. The van der Waals surface area contributed by atoms with Crippen molar-refractivity contribution in [1.29, 1.82) is 0 Å². The Kier molecular flexibility index (Phi) is 5.66. The summed E-state index contributed by atoms with van der Waals surface area (Å²) in [6.45, 7) is 7.03. The second-order valence-electron chi connectivity index (χ2n) is 4.03. The molecule has 1 saturated heterocycles. The molecule has 1 heterocycles. The van der Waals surface area contributed by atoms with Gasteiger partial charge >= 0.3 is 0 Å². The lowest BCUT2D eigenvalue weighted by atomic mass is 10.2. The zero-order chi connectivity index (χ0) is 10.3. The van der Waals surface area contributed by atoms with Gasteiger partial charge in [-0.1, -0.05) is 0 Å². The van der Waals surface area contributed by atoms with E-state index < -0.39 is 0 Å². The zero-order valence-corrected chi connectivity index (χ0v) is 8.67. The van der Waals surface area contributed by atoms with Crippen LogP contribution in [0.25, 0.3) is 0 Å². The highest BCUT2D eigenvalue weighted by atomic mass is 16.5. The summed E-state index contributed by atoms with van der Waals surface area (Å²) in [5.41, 5.74) is 5.11. The van der Waals surface area contributed by atoms with Crippen molar-refractivity contribution in [2.75, 3.05) is 6.54 Å². The Balaban J connectivity index is 0.000000223. The van der Waals surface area contributed by atoms with Crippen LogP contribution in [-0.2, 0) is 9.53 Å². The van der Waals surface area contributed by atoms with Gasteiger partial charge in [0, 0.05) is 0 Å². The first-order valence-corrected chi connectivity index (χ1v) is 4.56. The number of carbonyl (C=O) groups excluding carboxylic acids is 1. The van der Waals surface area contributed by atoms with Crippen LogP contribution in [0.2, 0.25) is 0 Å². The second kappa shape index (κ2) is 5.94. The van der Waals surface area contributed by atoms with E-state index in [-0.39, 0.29) is 5.60 Å². The first kappa shape index (κ1) is 12.4. The molecule has 0 aromatic heterocycles. The lowest BCUT2D eigenvalue weighted by Crippen LogP contribution is -2.30. The van der Waals surface area contributed by atoms with Crippen LogP contribution in [0.15, 0.2) is 0 Å². The van der Waals surface area contributed by atoms with Crippen LogP contribution in [0.4, 0.5) is 0 Å². The van der Waals surface area contributed by atoms with Gasteiger partial charge in [-0.3, -0.25) is 4.79 Å². The van der Waals surface area contributed by atoms with E-state index in [1.807, 2.05) is 20.8 Å². The van der Waals surface area contributed by atoms with Gasteiger partial charge in [-0.2, -0.15) is 0 Å². The Bertz CT molecular complexity index is 137. The SMILES string of the molecule is CC(C)(C)OC=O.NC1CCCN1. The number of rotatable bonds is 1. The summed E-state index contributed by atoms with van der Waals surface area (Å²) in [4.78, 5) is 9.60. The van der Waals surface area contributed by atoms with Gasteiger partial charge in [0.25, 0.3) is 6.47 Å². The number of ether oxygens (including phenoxy) is 1. The maximum absolute atomic E-state index is 9.60. The van der Waals surface area contributed by atoms with Gasteiger partial charge in [0.2, 0.25) is 0 Å². The Hall–Kier alpha value is -0.610. The predicted molar refractivity (Wildman–Crippen MR) is 52.1 cm³/mol. The minimum Gasteiger partial charge on any atom is -0.462 e. The smallest absolute Gasteiger partial charge is 0.293 e. The topological polar surface area (TPSA) is 64.3 Å². The molecule has 0 aromatic carbocycles. The molecule has 1 aliphatic rings. The summed E-state index contributed by atoms with van der Waals surface area (Å²) in [6, 6.07) is 0. The van der Waals surface area contributed by atoms with Crippen molar-refractivity contribution in [3.05, 3.63) is 0 Å². The first-order valence-electron chi connectivity index (χ1n) is 4.56. The molecule has 1 unspecified atom stereocenters. The van der Waals surface area contributed by atoms with Crippen LogP contribution < -0.4 is 11.1 Å². The van der Waals surface area contributed by atoms with Crippen molar-refractivity contribution in [1.82, 2.24) is 5.32 Å². The maximum atomic E-state index is 9.60. The first-order chi connectivity index (χ1) is 5.95. The molecule has 0 saturated carbocycles. The second-order valence-corrected chi connectivity index (χ2v) is 4.03. The summed E-state index contributed by atoms with van der Waals surface area (Å²) < 4.78 is 4.55. The minimum atomic E-state index is -0.318. The lowest BCUT2D eigenvalue weighted by Gasteiger charge is -2.14. The number of hydrogen-bond donors (Lipinski definition) is 2. The third-order valence-electron chi connectivity index (χ3n) is 1.50. The molecule has 0 aliphatic carbocycles. The number of nitrogens with two attached hydrogens (primary N) is 1. The van der Waals surface area contributed by atoms with Crippen molar-refractivity contribution in [2.24, 2.45) is 5.73 Å². The molecule has 0 spiro atoms. The van der Waals surface area contributed by atoms with E-state index in [1.165, 1.54) is 6.42 Å². The normalized spacial score (nSPS) is 21.7. The molecule has 0 amide bonds. The molecular formula is C9H20N2O2. The molecular weight excluding hydrogens is 168 g/mol. The van der Waals surface area contributed by atoms with E-state index in [4.69, 9.17) is 5.73 Å². The molecule has 0 aromatic rings. The maximum Gasteiger partial charge on any atom is 0.293 e.